The number of piperidine rings is 1. The summed E-state index contributed by atoms with van der Waals surface area (Å²) < 4.78 is 0. The molecule has 1 fully saturated rings. The van der Waals surface area contributed by atoms with Crippen LogP contribution in [0.4, 0.5) is 0 Å². The van der Waals surface area contributed by atoms with Gasteiger partial charge in [0, 0.05) is 12.1 Å². The second-order valence-corrected chi connectivity index (χ2v) is 6.37. The Labute approximate surface area is 102 Å². The van der Waals surface area contributed by atoms with Crippen LogP contribution >= 0.6 is 0 Å². The van der Waals surface area contributed by atoms with E-state index in [1.54, 1.807) is 0 Å². The van der Waals surface area contributed by atoms with Crippen molar-refractivity contribution < 1.29 is 0 Å². The molecule has 1 rings (SSSR count). The fourth-order valence-corrected chi connectivity index (χ4v) is 2.24. The van der Waals surface area contributed by atoms with Gasteiger partial charge in [-0.2, -0.15) is 0 Å². The molecule has 0 aliphatic carbocycles. The molecule has 0 radical (unpaired) electrons. The van der Waals surface area contributed by atoms with E-state index in [0.29, 0.717) is 11.5 Å². The number of hydrogen-bond donors (Lipinski definition) is 1. The Morgan fingerprint density at radius 2 is 1.81 bits per heavy atom. The Kier molecular flexibility index (Phi) is 5.26. The van der Waals surface area contributed by atoms with Crippen LogP contribution in [0.5, 0.6) is 0 Å². The third-order valence-corrected chi connectivity index (χ3v) is 3.91. The van der Waals surface area contributed by atoms with Crippen LogP contribution in [0.1, 0.15) is 53.9 Å². The first kappa shape index (κ1) is 14.0. The van der Waals surface area contributed by atoms with Crippen molar-refractivity contribution in [3.63, 3.8) is 0 Å². The Bertz CT molecular complexity index is 187. The summed E-state index contributed by atoms with van der Waals surface area (Å²) in [5.74, 6) is 0. The molecule has 0 aromatic carbocycles. The molecular formula is C14H30N2. The minimum Gasteiger partial charge on any atom is -0.311 e. The first-order valence-electron chi connectivity index (χ1n) is 6.92. The van der Waals surface area contributed by atoms with E-state index in [1.165, 1.54) is 38.9 Å². The van der Waals surface area contributed by atoms with Crippen molar-refractivity contribution in [3.05, 3.63) is 0 Å². The first-order valence-corrected chi connectivity index (χ1v) is 6.92. The second kappa shape index (κ2) is 6.02. The molecule has 16 heavy (non-hydrogen) atoms. The molecule has 0 saturated carbocycles. The van der Waals surface area contributed by atoms with Crippen molar-refractivity contribution in [2.75, 3.05) is 19.6 Å². The molecule has 2 nitrogen and oxygen atoms in total. The highest BCUT2D eigenvalue weighted by molar-refractivity contribution is 4.83. The van der Waals surface area contributed by atoms with Gasteiger partial charge in [-0.25, -0.2) is 0 Å². The summed E-state index contributed by atoms with van der Waals surface area (Å²) in [6.45, 7) is 15.4. The summed E-state index contributed by atoms with van der Waals surface area (Å²) in [4.78, 5) is 2.60. The maximum atomic E-state index is 3.79. The molecule has 2 heteroatoms. The van der Waals surface area contributed by atoms with Gasteiger partial charge in [-0.05, 0) is 51.2 Å². The van der Waals surface area contributed by atoms with Gasteiger partial charge in [0.1, 0.15) is 0 Å². The zero-order valence-corrected chi connectivity index (χ0v) is 11.8. The average molecular weight is 226 g/mol. The Hall–Kier alpha value is -0.0800. The quantitative estimate of drug-likeness (QED) is 0.793. The fraction of sp³-hybridized carbons (Fsp3) is 1.00. The zero-order valence-electron chi connectivity index (χ0n) is 11.8. The lowest BCUT2D eigenvalue weighted by Gasteiger charge is -2.37. The van der Waals surface area contributed by atoms with Gasteiger partial charge in [0.05, 0.1) is 0 Å². The smallest absolute Gasteiger partial charge is 0.00941 e. The lowest BCUT2D eigenvalue weighted by molar-refractivity contribution is 0.172. The van der Waals surface area contributed by atoms with Gasteiger partial charge in [0.15, 0.2) is 0 Å². The van der Waals surface area contributed by atoms with Crippen molar-refractivity contribution in [2.45, 2.75) is 66.0 Å². The summed E-state index contributed by atoms with van der Waals surface area (Å²) in [5, 5.41) is 3.79. The van der Waals surface area contributed by atoms with Crippen LogP contribution in [0.25, 0.3) is 0 Å². The first-order chi connectivity index (χ1) is 7.43. The zero-order chi connectivity index (χ0) is 12.2. The fourth-order valence-electron chi connectivity index (χ4n) is 2.24. The molecule has 1 N–H and O–H groups in total. The predicted molar refractivity (Wildman–Crippen MR) is 71.8 cm³/mol. The van der Waals surface area contributed by atoms with Crippen LogP contribution in [-0.4, -0.2) is 36.6 Å². The van der Waals surface area contributed by atoms with Crippen LogP contribution in [0.3, 0.4) is 0 Å². The highest BCUT2D eigenvalue weighted by Crippen LogP contribution is 2.21. The lowest BCUT2D eigenvalue weighted by atomic mass is 9.87. The molecule has 96 valence electrons. The summed E-state index contributed by atoms with van der Waals surface area (Å²) in [7, 11) is 0. The minimum atomic E-state index is 0.376. The highest BCUT2D eigenvalue weighted by Gasteiger charge is 2.25. The number of rotatable bonds is 4. The van der Waals surface area contributed by atoms with Crippen LogP contribution < -0.4 is 5.32 Å². The molecule has 0 aromatic heterocycles. The second-order valence-electron chi connectivity index (χ2n) is 6.37. The maximum Gasteiger partial charge on any atom is 0.00941 e. The third kappa shape index (κ3) is 4.42. The van der Waals surface area contributed by atoms with Gasteiger partial charge < -0.3 is 10.2 Å². The van der Waals surface area contributed by atoms with Crippen LogP contribution in [0.2, 0.25) is 0 Å². The summed E-state index contributed by atoms with van der Waals surface area (Å²) in [6.07, 6.45) is 3.93. The van der Waals surface area contributed by atoms with E-state index >= 15 is 0 Å². The Morgan fingerprint density at radius 3 is 2.25 bits per heavy atom. The molecule has 1 saturated heterocycles. The van der Waals surface area contributed by atoms with Crippen LogP contribution in [-0.2, 0) is 0 Å². The maximum absolute atomic E-state index is 3.79. The van der Waals surface area contributed by atoms with Crippen molar-refractivity contribution in [3.8, 4) is 0 Å². The molecule has 1 aliphatic rings. The van der Waals surface area contributed by atoms with Gasteiger partial charge in [0.25, 0.3) is 0 Å². The van der Waals surface area contributed by atoms with Crippen molar-refractivity contribution in [2.24, 2.45) is 5.41 Å². The number of likely N-dealkylation sites (tertiary alicyclic amines) is 1. The average Bonchev–Trinajstić information content (AvgIpc) is 2.20. The molecule has 1 heterocycles. The SMILES string of the molecule is CCCN1CCC(NC(C)C(C)(C)C)CC1. The third-order valence-electron chi connectivity index (χ3n) is 3.91. The van der Waals surface area contributed by atoms with Gasteiger partial charge in [-0.3, -0.25) is 0 Å². The monoisotopic (exact) mass is 226 g/mol. The van der Waals surface area contributed by atoms with E-state index in [4.69, 9.17) is 0 Å². The van der Waals surface area contributed by atoms with Crippen molar-refractivity contribution >= 4 is 0 Å². The molecular weight excluding hydrogens is 196 g/mol. The lowest BCUT2D eigenvalue weighted by Crippen LogP contribution is -2.49. The predicted octanol–water partition coefficient (Wildman–Crippen LogP) is 2.89. The normalized spacial score (nSPS) is 22.3. The molecule has 0 bridgehead atoms. The largest absolute Gasteiger partial charge is 0.311 e. The minimum absolute atomic E-state index is 0.376. The van der Waals surface area contributed by atoms with Crippen molar-refractivity contribution in [1.29, 1.82) is 0 Å². The van der Waals surface area contributed by atoms with E-state index in [-0.39, 0.29) is 0 Å². The highest BCUT2D eigenvalue weighted by atomic mass is 15.1. The van der Waals surface area contributed by atoms with E-state index in [0.717, 1.165) is 6.04 Å². The molecule has 0 spiro atoms. The van der Waals surface area contributed by atoms with Gasteiger partial charge >= 0.3 is 0 Å². The Morgan fingerprint density at radius 1 is 1.25 bits per heavy atom. The molecule has 1 unspecified atom stereocenters. The summed E-state index contributed by atoms with van der Waals surface area (Å²) in [5.41, 5.74) is 0.376. The van der Waals surface area contributed by atoms with Crippen LogP contribution in [0.15, 0.2) is 0 Å². The molecule has 0 aromatic rings. The number of nitrogens with zero attached hydrogens (tertiary/aromatic N) is 1. The topological polar surface area (TPSA) is 15.3 Å². The Balaban J connectivity index is 2.27. The van der Waals surface area contributed by atoms with E-state index in [2.05, 4.69) is 44.8 Å². The summed E-state index contributed by atoms with van der Waals surface area (Å²) in [6, 6.07) is 1.34. The standard InChI is InChI=1S/C14H30N2/c1-6-9-16-10-7-13(8-11-16)15-12(2)14(3,4)5/h12-13,15H,6-11H2,1-5H3. The van der Waals surface area contributed by atoms with E-state index in [1.807, 2.05) is 0 Å². The van der Waals surface area contributed by atoms with Gasteiger partial charge in [-0.15, -0.1) is 0 Å². The molecule has 1 atom stereocenters. The molecule has 1 aliphatic heterocycles. The van der Waals surface area contributed by atoms with Crippen molar-refractivity contribution in [1.82, 2.24) is 10.2 Å². The number of hydrogen-bond acceptors (Lipinski definition) is 2. The van der Waals surface area contributed by atoms with Gasteiger partial charge in [0.2, 0.25) is 0 Å². The molecule has 0 amide bonds. The van der Waals surface area contributed by atoms with Crippen LogP contribution in [0, 0.1) is 5.41 Å². The number of nitrogens with one attached hydrogen (secondary N) is 1. The van der Waals surface area contributed by atoms with Gasteiger partial charge in [-0.1, -0.05) is 27.7 Å². The summed E-state index contributed by atoms with van der Waals surface area (Å²) >= 11 is 0. The van der Waals surface area contributed by atoms with E-state index in [9.17, 15) is 0 Å². The van der Waals surface area contributed by atoms with E-state index < -0.39 is 0 Å².